The summed E-state index contributed by atoms with van der Waals surface area (Å²) in [6, 6.07) is 12.5. The van der Waals surface area contributed by atoms with Crippen molar-refractivity contribution < 1.29 is 27.2 Å². The molecule has 0 aliphatic heterocycles. The van der Waals surface area contributed by atoms with Crippen molar-refractivity contribution >= 4 is 17.0 Å². The van der Waals surface area contributed by atoms with E-state index in [2.05, 4.69) is 29.9 Å². The van der Waals surface area contributed by atoms with Crippen molar-refractivity contribution in [2.45, 2.75) is 19.3 Å². The lowest BCUT2D eigenvalue weighted by atomic mass is 10.2. The molecule has 0 saturated heterocycles. The maximum atomic E-state index is 12.5. The minimum atomic E-state index is -4.72. The van der Waals surface area contributed by atoms with Crippen LogP contribution in [0, 0.1) is 0 Å². The summed E-state index contributed by atoms with van der Waals surface area (Å²) in [6.07, 6.45) is -2.44. The van der Waals surface area contributed by atoms with Crippen LogP contribution < -0.4 is 5.32 Å². The summed E-state index contributed by atoms with van der Waals surface area (Å²) in [4.78, 5) is 23.6. The summed E-state index contributed by atoms with van der Waals surface area (Å²) in [6.45, 7) is 0.116. The first-order valence-electron chi connectivity index (χ1n) is 8.99. The van der Waals surface area contributed by atoms with Gasteiger partial charge in [0, 0.05) is 28.9 Å². The molecule has 4 aromatic rings. The van der Waals surface area contributed by atoms with Gasteiger partial charge in [0.15, 0.2) is 0 Å². The van der Waals surface area contributed by atoms with Crippen LogP contribution in [0.1, 0.15) is 17.1 Å². The Balaban J connectivity index is 1.29. The van der Waals surface area contributed by atoms with E-state index in [0.29, 0.717) is 5.69 Å². The Hall–Kier alpha value is -4.02. The molecule has 31 heavy (non-hydrogen) atoms. The molecule has 0 fully saturated rings. The summed E-state index contributed by atoms with van der Waals surface area (Å²) in [5.41, 5.74) is 2.30. The highest BCUT2D eigenvalue weighted by Crippen LogP contribution is 2.29. The number of carbonyl (C=O) groups excluding carboxylic acids is 1. The fourth-order valence-electron chi connectivity index (χ4n) is 2.68. The minimum Gasteiger partial charge on any atom is -0.445 e. The first-order chi connectivity index (χ1) is 14.9. The number of benzene rings is 1. The molecule has 4 rings (SSSR count). The number of carbonyl (C=O) groups is 1. The van der Waals surface area contributed by atoms with Crippen molar-refractivity contribution in [3.8, 4) is 11.4 Å². The molecule has 11 heteroatoms. The van der Waals surface area contributed by atoms with Gasteiger partial charge in [-0.3, -0.25) is 9.97 Å². The second-order valence-electron chi connectivity index (χ2n) is 6.43. The van der Waals surface area contributed by atoms with Gasteiger partial charge < -0.3 is 14.6 Å². The fourth-order valence-corrected chi connectivity index (χ4v) is 2.68. The number of alkyl carbamates (subject to hydrolysis) is 1. The van der Waals surface area contributed by atoms with Crippen LogP contribution in [0.2, 0.25) is 0 Å². The van der Waals surface area contributed by atoms with Gasteiger partial charge in [-0.25, -0.2) is 4.79 Å². The molecule has 0 unspecified atom stereocenters. The Kier molecular flexibility index (Phi) is 5.48. The number of amides is 1. The average molecular weight is 429 g/mol. The molecule has 0 bridgehead atoms. The van der Waals surface area contributed by atoms with E-state index in [1.807, 2.05) is 30.3 Å². The quantitative estimate of drug-likeness (QED) is 0.509. The number of halogens is 3. The predicted octanol–water partition coefficient (Wildman–Crippen LogP) is 4.13. The van der Waals surface area contributed by atoms with Gasteiger partial charge in [-0.15, -0.1) is 0 Å². The van der Waals surface area contributed by atoms with E-state index in [4.69, 9.17) is 4.74 Å². The van der Waals surface area contributed by atoms with Gasteiger partial charge in [-0.05, 0) is 24.3 Å². The summed E-state index contributed by atoms with van der Waals surface area (Å²) in [5.74, 6) is -1.67. The molecule has 8 nitrogen and oxygen atoms in total. The Morgan fingerprint density at radius 3 is 2.68 bits per heavy atom. The Labute approximate surface area is 173 Å². The van der Waals surface area contributed by atoms with Gasteiger partial charge >= 0.3 is 18.2 Å². The molecule has 1 N–H and O–H groups in total. The number of rotatable bonds is 5. The van der Waals surface area contributed by atoms with Crippen LogP contribution in [0.4, 0.5) is 18.0 Å². The zero-order chi connectivity index (χ0) is 21.8. The fraction of sp³-hybridized carbons (Fsp3) is 0.150. The van der Waals surface area contributed by atoms with E-state index in [-0.39, 0.29) is 24.5 Å². The molecule has 0 saturated carbocycles. The zero-order valence-corrected chi connectivity index (χ0v) is 15.8. The van der Waals surface area contributed by atoms with Crippen molar-refractivity contribution in [1.82, 2.24) is 25.4 Å². The molecule has 0 atom stereocenters. The third-order valence-corrected chi connectivity index (χ3v) is 4.18. The number of nitrogens with zero attached hydrogens (tertiary/aromatic N) is 4. The maximum Gasteiger partial charge on any atom is 0.471 e. The minimum absolute atomic E-state index is 0.0510. The molecule has 0 spiro atoms. The number of hydrogen-bond donors (Lipinski definition) is 1. The van der Waals surface area contributed by atoms with Gasteiger partial charge in [0.25, 0.3) is 0 Å². The molecule has 158 valence electrons. The number of para-hydroxylation sites is 1. The lowest BCUT2D eigenvalue weighted by molar-refractivity contribution is -0.159. The Morgan fingerprint density at radius 1 is 1.10 bits per heavy atom. The standard InChI is InChI=1S/C20H14F3N5O3/c21-20(22,23)18-27-17(28-31-18)14-5-6-15(24-9-14)10-26-19(29)30-11-12-7-13-3-1-2-4-16(13)25-8-12/h1-9H,10-11H2,(H,26,29). The average Bonchev–Trinajstić information content (AvgIpc) is 3.27. The van der Waals surface area contributed by atoms with Crippen molar-refractivity contribution in [3.05, 3.63) is 72.0 Å². The first kappa shape index (κ1) is 20.3. The predicted molar refractivity (Wildman–Crippen MR) is 101 cm³/mol. The molecule has 3 aromatic heterocycles. The second-order valence-corrected chi connectivity index (χ2v) is 6.43. The van der Waals surface area contributed by atoms with Crippen LogP contribution in [0.25, 0.3) is 22.3 Å². The van der Waals surface area contributed by atoms with Crippen molar-refractivity contribution in [2.75, 3.05) is 0 Å². The van der Waals surface area contributed by atoms with E-state index in [9.17, 15) is 18.0 Å². The van der Waals surface area contributed by atoms with Crippen molar-refractivity contribution in [1.29, 1.82) is 0 Å². The summed E-state index contributed by atoms with van der Waals surface area (Å²) in [5, 5.41) is 6.78. The first-order valence-corrected chi connectivity index (χ1v) is 8.99. The third-order valence-electron chi connectivity index (χ3n) is 4.18. The number of aromatic nitrogens is 4. The van der Waals surface area contributed by atoms with Gasteiger partial charge in [-0.2, -0.15) is 18.2 Å². The zero-order valence-electron chi connectivity index (χ0n) is 15.8. The van der Waals surface area contributed by atoms with Gasteiger partial charge in [-0.1, -0.05) is 23.4 Å². The lowest BCUT2D eigenvalue weighted by Gasteiger charge is -2.07. The van der Waals surface area contributed by atoms with Crippen molar-refractivity contribution in [2.24, 2.45) is 0 Å². The van der Waals surface area contributed by atoms with Crippen LogP contribution in [0.5, 0.6) is 0 Å². The molecule has 1 amide bonds. The van der Waals surface area contributed by atoms with E-state index in [0.717, 1.165) is 16.5 Å². The largest absolute Gasteiger partial charge is 0.471 e. The number of ether oxygens (including phenoxy) is 1. The number of fused-ring (bicyclic) bond motifs is 1. The highest BCUT2D eigenvalue weighted by atomic mass is 19.4. The summed E-state index contributed by atoms with van der Waals surface area (Å²) >= 11 is 0. The maximum absolute atomic E-state index is 12.5. The van der Waals surface area contributed by atoms with Crippen LogP contribution in [-0.4, -0.2) is 26.2 Å². The Bertz CT molecular complexity index is 1210. The molecular weight excluding hydrogens is 415 g/mol. The van der Waals surface area contributed by atoms with Crippen LogP contribution in [-0.2, 0) is 24.1 Å². The molecule has 1 aromatic carbocycles. The van der Waals surface area contributed by atoms with E-state index >= 15 is 0 Å². The molecule has 3 heterocycles. The summed E-state index contributed by atoms with van der Waals surface area (Å²) < 4.78 is 46.9. The van der Waals surface area contributed by atoms with Crippen molar-refractivity contribution in [3.63, 3.8) is 0 Å². The molecular formula is C20H14F3N5O3. The molecule has 0 aliphatic rings. The normalized spacial score (nSPS) is 11.5. The van der Waals surface area contributed by atoms with E-state index in [1.165, 1.54) is 18.3 Å². The summed E-state index contributed by atoms with van der Waals surface area (Å²) in [7, 11) is 0. The van der Waals surface area contributed by atoms with E-state index < -0.39 is 18.2 Å². The van der Waals surface area contributed by atoms with Crippen LogP contribution >= 0.6 is 0 Å². The highest BCUT2D eigenvalue weighted by molar-refractivity contribution is 5.78. The second kappa shape index (κ2) is 8.38. The topological polar surface area (TPSA) is 103 Å². The number of hydrogen-bond acceptors (Lipinski definition) is 7. The number of pyridine rings is 2. The third kappa shape index (κ3) is 4.94. The van der Waals surface area contributed by atoms with Crippen LogP contribution in [0.15, 0.2) is 59.4 Å². The van der Waals surface area contributed by atoms with Gasteiger partial charge in [0.2, 0.25) is 5.82 Å². The number of alkyl halides is 3. The molecule has 0 aliphatic carbocycles. The Morgan fingerprint density at radius 2 is 1.94 bits per heavy atom. The highest BCUT2D eigenvalue weighted by Gasteiger charge is 2.38. The van der Waals surface area contributed by atoms with E-state index in [1.54, 1.807) is 6.20 Å². The number of nitrogens with one attached hydrogen (secondary N) is 1. The SMILES string of the molecule is O=C(NCc1ccc(-c2noc(C(F)(F)F)n2)cn1)OCc1cnc2ccccc2c1. The van der Waals surface area contributed by atoms with Crippen LogP contribution in [0.3, 0.4) is 0 Å². The molecule has 0 radical (unpaired) electrons. The van der Waals surface area contributed by atoms with Gasteiger partial charge in [0.1, 0.15) is 6.61 Å². The van der Waals surface area contributed by atoms with Gasteiger partial charge in [0.05, 0.1) is 17.8 Å². The lowest BCUT2D eigenvalue weighted by Crippen LogP contribution is -2.24. The monoisotopic (exact) mass is 429 g/mol. The smallest absolute Gasteiger partial charge is 0.445 e.